The van der Waals surface area contributed by atoms with Crippen molar-refractivity contribution in [1.82, 2.24) is 0 Å². The molecule has 8 heteroatoms. The van der Waals surface area contributed by atoms with Gasteiger partial charge >= 0.3 is 0 Å². The standard InChI is InChI=1S/C55H58O6SSi/c1-5-39-26-28-40(29-27-39)30-47-46-32-48-45(31-50(46)62-54(47)63(2,3)4)37-60-55(48)53(59-36-44-24-16-9-17-25-44)52(58-35-43-22-14-8-15-23-43)51(57-34-42-20-12-7-13-21-42)49(61-55)38-56-33-41-18-10-6-11-19-41/h6-29,31-32,49,51-53H,5,30,33-38H2,1-4H3/t49-,51-,52+,53-,55+/m1/s1. The summed E-state index contributed by atoms with van der Waals surface area (Å²) in [7, 11) is -1.75. The molecule has 6 aromatic carbocycles. The third-order valence-corrected chi connectivity index (χ3v) is 17.1. The number of benzene rings is 6. The van der Waals surface area contributed by atoms with Crippen molar-refractivity contribution in [2.75, 3.05) is 6.61 Å². The van der Waals surface area contributed by atoms with Gasteiger partial charge in [0.05, 0.1) is 47.7 Å². The first-order valence-corrected chi connectivity index (χ1v) is 26.7. The fourth-order valence-electron chi connectivity index (χ4n) is 8.99. The monoisotopic (exact) mass is 874 g/mol. The van der Waals surface area contributed by atoms with Crippen LogP contribution in [0.5, 0.6) is 0 Å². The summed E-state index contributed by atoms with van der Waals surface area (Å²) in [5.74, 6) is -1.33. The number of hydrogen-bond donors (Lipinski definition) is 0. The van der Waals surface area contributed by atoms with Crippen LogP contribution >= 0.6 is 11.3 Å². The maximum atomic E-state index is 7.53. The Labute approximate surface area is 377 Å². The zero-order valence-corrected chi connectivity index (χ0v) is 38.7. The van der Waals surface area contributed by atoms with Crippen molar-refractivity contribution in [2.45, 2.75) is 103 Å². The molecular weight excluding hydrogens is 817 g/mol. The van der Waals surface area contributed by atoms with Crippen molar-refractivity contribution in [3.63, 3.8) is 0 Å². The molecule has 6 nitrogen and oxygen atoms in total. The van der Waals surface area contributed by atoms with Gasteiger partial charge in [0, 0.05) is 10.3 Å². The van der Waals surface area contributed by atoms with Crippen LogP contribution in [0.2, 0.25) is 19.6 Å². The fraction of sp³-hybridized carbons (Fsp3) is 0.309. The van der Waals surface area contributed by atoms with Crippen LogP contribution in [0.3, 0.4) is 0 Å². The second-order valence-corrected chi connectivity index (χ2v) is 24.3. The highest BCUT2D eigenvalue weighted by molar-refractivity contribution is 7.31. The first-order chi connectivity index (χ1) is 30.8. The van der Waals surface area contributed by atoms with Crippen molar-refractivity contribution in [3.05, 3.63) is 208 Å². The van der Waals surface area contributed by atoms with Gasteiger partial charge in [-0.2, -0.15) is 0 Å². The molecule has 0 saturated carbocycles. The number of fused-ring (bicyclic) bond motifs is 3. The molecule has 0 radical (unpaired) electrons. The zero-order chi connectivity index (χ0) is 43.2. The summed E-state index contributed by atoms with van der Waals surface area (Å²) in [6.07, 6.45) is -0.599. The average Bonchev–Trinajstić information content (AvgIpc) is 3.86. The van der Waals surface area contributed by atoms with E-state index in [2.05, 4.69) is 111 Å². The number of rotatable bonds is 17. The van der Waals surface area contributed by atoms with Gasteiger partial charge in [-0.05, 0) is 79.4 Å². The Morgan fingerprint density at radius 2 is 1.13 bits per heavy atom. The Hall–Kier alpha value is -4.74. The Morgan fingerprint density at radius 3 is 1.68 bits per heavy atom. The quantitative estimate of drug-likeness (QED) is 0.0850. The van der Waals surface area contributed by atoms with Gasteiger partial charge in [-0.3, -0.25) is 0 Å². The van der Waals surface area contributed by atoms with Gasteiger partial charge in [0.2, 0.25) is 5.79 Å². The van der Waals surface area contributed by atoms with Gasteiger partial charge in [-0.25, -0.2) is 0 Å². The van der Waals surface area contributed by atoms with Crippen molar-refractivity contribution in [2.24, 2.45) is 0 Å². The van der Waals surface area contributed by atoms with Crippen LogP contribution in [0.1, 0.15) is 57.0 Å². The molecule has 324 valence electrons. The molecule has 1 fully saturated rings. The van der Waals surface area contributed by atoms with Crippen molar-refractivity contribution in [3.8, 4) is 0 Å². The molecule has 2 aliphatic heterocycles. The van der Waals surface area contributed by atoms with E-state index in [1.54, 1.807) is 0 Å². The van der Waals surface area contributed by atoms with E-state index in [4.69, 9.17) is 28.4 Å². The third-order valence-electron chi connectivity index (χ3n) is 12.3. The summed E-state index contributed by atoms with van der Waals surface area (Å²) in [5, 5.41) is 1.26. The highest BCUT2D eigenvalue weighted by Crippen LogP contribution is 2.50. The predicted molar refractivity (Wildman–Crippen MR) is 256 cm³/mol. The smallest absolute Gasteiger partial charge is 0.226 e. The van der Waals surface area contributed by atoms with Crippen LogP contribution in [0.15, 0.2) is 158 Å². The molecule has 5 atom stereocenters. The average molecular weight is 875 g/mol. The van der Waals surface area contributed by atoms with Crippen LogP contribution in [0.25, 0.3) is 10.1 Å². The van der Waals surface area contributed by atoms with E-state index in [-0.39, 0.29) is 6.61 Å². The minimum atomic E-state index is -1.75. The predicted octanol–water partition coefficient (Wildman–Crippen LogP) is 11.7. The number of thiophene rings is 1. The summed E-state index contributed by atoms with van der Waals surface area (Å²) in [6, 6.07) is 55.0. The molecule has 7 aromatic rings. The zero-order valence-electron chi connectivity index (χ0n) is 36.8. The fourth-order valence-corrected chi connectivity index (χ4v) is 12.7. The van der Waals surface area contributed by atoms with E-state index in [0.29, 0.717) is 33.0 Å². The molecule has 0 aliphatic carbocycles. The molecular formula is C55H58O6SSi. The van der Waals surface area contributed by atoms with E-state index < -0.39 is 38.3 Å². The maximum Gasteiger partial charge on any atom is 0.226 e. The summed E-state index contributed by atoms with van der Waals surface area (Å²) >= 11 is 1.96. The summed E-state index contributed by atoms with van der Waals surface area (Å²) in [4.78, 5) is 0. The highest BCUT2D eigenvalue weighted by Gasteiger charge is 2.61. The van der Waals surface area contributed by atoms with Crippen molar-refractivity contribution < 1.29 is 28.4 Å². The van der Waals surface area contributed by atoms with Gasteiger partial charge in [0.1, 0.15) is 24.4 Å². The normalized spacial score (nSPS) is 21.0. The minimum Gasteiger partial charge on any atom is -0.374 e. The van der Waals surface area contributed by atoms with Gasteiger partial charge in [0.15, 0.2) is 0 Å². The van der Waals surface area contributed by atoms with Gasteiger partial charge in [0.25, 0.3) is 0 Å². The number of ether oxygens (including phenoxy) is 6. The Bertz CT molecular complexity index is 2540. The van der Waals surface area contributed by atoms with Gasteiger partial charge in [-0.15, -0.1) is 11.3 Å². The number of aryl methyl sites for hydroxylation is 1. The lowest BCUT2D eigenvalue weighted by Gasteiger charge is -2.51. The summed E-state index contributed by atoms with van der Waals surface area (Å²) in [6.45, 7) is 11.7. The molecule has 0 N–H and O–H groups in total. The van der Waals surface area contributed by atoms with E-state index in [1.807, 2.05) is 84.1 Å². The van der Waals surface area contributed by atoms with Crippen molar-refractivity contribution >= 4 is 34.0 Å². The first-order valence-electron chi connectivity index (χ1n) is 22.3. The highest BCUT2D eigenvalue weighted by atomic mass is 32.1. The largest absolute Gasteiger partial charge is 0.374 e. The molecule has 2 aliphatic rings. The van der Waals surface area contributed by atoms with Gasteiger partial charge < -0.3 is 28.4 Å². The lowest BCUT2D eigenvalue weighted by atomic mass is 9.86. The van der Waals surface area contributed by atoms with Crippen molar-refractivity contribution in [1.29, 1.82) is 0 Å². The topological polar surface area (TPSA) is 55.4 Å². The molecule has 1 spiro atoms. The molecule has 63 heavy (non-hydrogen) atoms. The first kappa shape index (κ1) is 43.5. The summed E-state index contributed by atoms with van der Waals surface area (Å²) < 4.78 is 45.4. The van der Waals surface area contributed by atoms with E-state index in [9.17, 15) is 0 Å². The molecule has 0 bridgehead atoms. The van der Waals surface area contributed by atoms with Crippen LogP contribution in [-0.4, -0.2) is 39.1 Å². The Morgan fingerprint density at radius 1 is 0.603 bits per heavy atom. The molecule has 1 aromatic heterocycles. The van der Waals surface area contributed by atoms with E-state index in [1.165, 1.54) is 31.3 Å². The number of hydrogen-bond acceptors (Lipinski definition) is 7. The van der Waals surface area contributed by atoms with E-state index in [0.717, 1.165) is 46.2 Å². The maximum absolute atomic E-state index is 7.53. The molecule has 0 unspecified atom stereocenters. The van der Waals surface area contributed by atoms with Crippen LogP contribution in [-0.2, 0) is 80.1 Å². The molecule has 3 heterocycles. The molecule has 9 rings (SSSR count). The second-order valence-electron chi connectivity index (χ2n) is 17.9. The lowest BCUT2D eigenvalue weighted by molar-refractivity contribution is -0.387. The molecule has 0 amide bonds. The van der Waals surface area contributed by atoms with Crippen LogP contribution in [0, 0.1) is 0 Å². The van der Waals surface area contributed by atoms with Crippen LogP contribution < -0.4 is 4.50 Å². The Kier molecular flexibility index (Phi) is 13.5. The third kappa shape index (κ3) is 9.85. The minimum absolute atomic E-state index is 0.255. The van der Waals surface area contributed by atoms with E-state index >= 15 is 0 Å². The SMILES string of the molecule is CCc1ccc(Cc2c([Si](C)(C)C)sc3cc4c(cc23)[C@]2(OC4)O[C@H](COCc3ccccc3)[C@@H](OCc3ccccc3)[C@H](OCc3ccccc3)[C@H]2OCc2ccccc2)cc1. The second kappa shape index (κ2) is 19.6. The van der Waals surface area contributed by atoms with Crippen LogP contribution in [0.4, 0.5) is 0 Å². The Balaban J connectivity index is 1.17. The molecule has 1 saturated heterocycles. The summed E-state index contributed by atoms with van der Waals surface area (Å²) in [5.41, 5.74) is 10.4. The van der Waals surface area contributed by atoms with Gasteiger partial charge in [-0.1, -0.05) is 172 Å². The lowest BCUT2D eigenvalue weighted by Crippen LogP contribution is -2.65.